The van der Waals surface area contributed by atoms with E-state index in [2.05, 4.69) is 4.90 Å². The molecule has 1 fully saturated rings. The van der Waals surface area contributed by atoms with Crippen LogP contribution in [-0.2, 0) is 27.4 Å². The maximum Gasteiger partial charge on any atom is 0.254 e. The quantitative estimate of drug-likeness (QED) is 0.642. The average Bonchev–Trinajstić information content (AvgIpc) is 3.27. The summed E-state index contributed by atoms with van der Waals surface area (Å²) < 4.78 is 5.14. The number of rotatable bonds is 5. The summed E-state index contributed by atoms with van der Waals surface area (Å²) in [5, 5.41) is 0. The van der Waals surface area contributed by atoms with Crippen LogP contribution < -0.4 is 4.90 Å². The molecule has 2 aromatic rings. The van der Waals surface area contributed by atoms with Gasteiger partial charge in [-0.3, -0.25) is 14.4 Å². The molecular weight excluding hydrogens is 456 g/mol. The second-order valence-electron chi connectivity index (χ2n) is 9.61. The number of amides is 3. The molecule has 8 nitrogen and oxygen atoms in total. The van der Waals surface area contributed by atoms with Crippen LogP contribution in [0.4, 0.5) is 5.69 Å². The maximum absolute atomic E-state index is 13.8. The van der Waals surface area contributed by atoms with E-state index in [-0.39, 0.29) is 24.3 Å². The van der Waals surface area contributed by atoms with Crippen LogP contribution in [0.3, 0.4) is 0 Å². The number of hydrogen-bond donors (Lipinski definition) is 0. The first kappa shape index (κ1) is 25.9. The number of ether oxygens (including phenoxy) is 1. The summed E-state index contributed by atoms with van der Waals surface area (Å²) in [7, 11) is 3.57. The summed E-state index contributed by atoms with van der Waals surface area (Å²) in [5.41, 5.74) is 3.33. The minimum absolute atomic E-state index is 0.0130. The summed E-state index contributed by atoms with van der Waals surface area (Å²) in [6.45, 7) is 4.43. The molecule has 36 heavy (non-hydrogen) atoms. The van der Waals surface area contributed by atoms with Crippen LogP contribution in [-0.4, -0.2) is 85.9 Å². The molecule has 0 radical (unpaired) electrons. The number of methoxy groups -OCH3 is 1. The van der Waals surface area contributed by atoms with Gasteiger partial charge in [-0.1, -0.05) is 30.3 Å². The molecule has 0 saturated carbocycles. The van der Waals surface area contributed by atoms with Crippen molar-refractivity contribution in [1.29, 1.82) is 0 Å². The summed E-state index contributed by atoms with van der Waals surface area (Å²) in [5.74, 6) is 0.0294. The van der Waals surface area contributed by atoms with Crippen molar-refractivity contribution in [3.63, 3.8) is 0 Å². The van der Waals surface area contributed by atoms with Gasteiger partial charge < -0.3 is 24.3 Å². The Labute approximate surface area is 213 Å². The lowest BCUT2D eigenvalue weighted by Gasteiger charge is -2.28. The molecule has 2 aliphatic rings. The van der Waals surface area contributed by atoms with Crippen molar-refractivity contribution < 1.29 is 19.1 Å². The highest BCUT2D eigenvalue weighted by Crippen LogP contribution is 2.25. The number of hydrogen-bond acceptors (Lipinski definition) is 5. The van der Waals surface area contributed by atoms with Crippen LogP contribution in [0.5, 0.6) is 0 Å². The first-order valence-corrected chi connectivity index (χ1v) is 12.7. The van der Waals surface area contributed by atoms with E-state index in [0.717, 1.165) is 49.3 Å². The monoisotopic (exact) mass is 492 g/mol. The van der Waals surface area contributed by atoms with Gasteiger partial charge in [0.1, 0.15) is 6.61 Å². The number of fused-ring (bicyclic) bond motifs is 1. The molecule has 2 aromatic carbocycles. The molecule has 0 atom stereocenters. The zero-order valence-corrected chi connectivity index (χ0v) is 21.3. The van der Waals surface area contributed by atoms with Crippen LogP contribution in [0.1, 0.15) is 40.7 Å². The zero-order valence-electron chi connectivity index (χ0n) is 21.3. The Balaban J connectivity index is 1.61. The molecule has 0 N–H and O–H groups in total. The second kappa shape index (κ2) is 12.1. The number of likely N-dealkylation sites (N-methyl/N-ethyl adjacent to an activating group) is 1. The summed E-state index contributed by atoms with van der Waals surface area (Å²) in [4.78, 5) is 46.5. The smallest absolute Gasteiger partial charge is 0.254 e. The first-order valence-electron chi connectivity index (χ1n) is 12.7. The first-order chi connectivity index (χ1) is 17.5. The van der Waals surface area contributed by atoms with E-state index in [0.29, 0.717) is 38.2 Å². The number of anilines is 1. The lowest BCUT2D eigenvalue weighted by Crippen LogP contribution is -2.37. The van der Waals surface area contributed by atoms with Crippen molar-refractivity contribution in [2.75, 3.05) is 58.4 Å². The number of nitrogens with zero attached hydrogens (tertiary/aromatic N) is 4. The summed E-state index contributed by atoms with van der Waals surface area (Å²) >= 11 is 0. The predicted molar refractivity (Wildman–Crippen MR) is 139 cm³/mol. The van der Waals surface area contributed by atoms with Crippen molar-refractivity contribution in [3.8, 4) is 0 Å². The maximum atomic E-state index is 13.8. The Kier molecular flexibility index (Phi) is 8.72. The molecule has 3 amide bonds. The highest BCUT2D eigenvalue weighted by molar-refractivity contribution is 5.96. The number of carbonyl (C=O) groups excluding carboxylic acids is 3. The highest BCUT2D eigenvalue weighted by Gasteiger charge is 2.24. The van der Waals surface area contributed by atoms with Gasteiger partial charge in [0.05, 0.1) is 0 Å². The molecule has 2 aliphatic heterocycles. The van der Waals surface area contributed by atoms with Crippen molar-refractivity contribution in [3.05, 3.63) is 65.2 Å². The van der Waals surface area contributed by atoms with Gasteiger partial charge >= 0.3 is 0 Å². The molecular formula is C28H36N4O4. The Morgan fingerprint density at radius 3 is 2.56 bits per heavy atom. The van der Waals surface area contributed by atoms with E-state index < -0.39 is 0 Å². The van der Waals surface area contributed by atoms with E-state index in [9.17, 15) is 14.4 Å². The molecule has 2 heterocycles. The van der Waals surface area contributed by atoms with Gasteiger partial charge in [-0.15, -0.1) is 0 Å². The fourth-order valence-electron chi connectivity index (χ4n) is 4.93. The van der Waals surface area contributed by atoms with Crippen LogP contribution in [0.25, 0.3) is 0 Å². The van der Waals surface area contributed by atoms with E-state index in [1.54, 1.807) is 4.90 Å². The van der Waals surface area contributed by atoms with Gasteiger partial charge in [-0.2, -0.15) is 0 Å². The SMILES string of the molecule is COCC(=O)N1CCCN(C)CCN(C(=O)c2cccc(CN3CCCC3=O)c2)Cc2ccccc21. The Morgan fingerprint density at radius 2 is 1.78 bits per heavy atom. The number of likely N-dealkylation sites (tertiary alicyclic amines) is 1. The fourth-order valence-corrected chi connectivity index (χ4v) is 4.93. The molecule has 1 saturated heterocycles. The molecule has 0 aliphatic carbocycles. The number of benzene rings is 2. The topological polar surface area (TPSA) is 73.4 Å². The van der Waals surface area contributed by atoms with E-state index >= 15 is 0 Å². The third-order valence-electron chi connectivity index (χ3n) is 6.89. The average molecular weight is 493 g/mol. The number of carbonyl (C=O) groups is 3. The third-order valence-corrected chi connectivity index (χ3v) is 6.89. The molecule has 4 rings (SSSR count). The Hall–Kier alpha value is -3.23. The van der Waals surface area contributed by atoms with Crippen molar-refractivity contribution in [2.24, 2.45) is 0 Å². The normalized spacial score (nSPS) is 17.6. The van der Waals surface area contributed by atoms with Crippen LogP contribution in [0.15, 0.2) is 48.5 Å². The van der Waals surface area contributed by atoms with Gasteiger partial charge in [0.25, 0.3) is 11.8 Å². The third kappa shape index (κ3) is 6.30. The minimum Gasteiger partial charge on any atom is -0.375 e. The van der Waals surface area contributed by atoms with Crippen LogP contribution in [0, 0.1) is 0 Å². The molecule has 192 valence electrons. The van der Waals surface area contributed by atoms with Gasteiger partial charge in [0, 0.05) is 64.0 Å². The van der Waals surface area contributed by atoms with Gasteiger partial charge in [0.2, 0.25) is 5.91 Å². The van der Waals surface area contributed by atoms with Gasteiger partial charge in [-0.05, 0) is 55.8 Å². The largest absolute Gasteiger partial charge is 0.375 e. The van der Waals surface area contributed by atoms with Crippen molar-refractivity contribution >= 4 is 23.4 Å². The number of para-hydroxylation sites is 1. The zero-order chi connectivity index (χ0) is 25.5. The van der Waals surface area contributed by atoms with E-state index in [1.165, 1.54) is 7.11 Å². The second-order valence-corrected chi connectivity index (χ2v) is 9.61. The highest BCUT2D eigenvalue weighted by atomic mass is 16.5. The lowest BCUT2D eigenvalue weighted by atomic mass is 10.1. The van der Waals surface area contributed by atoms with Crippen LogP contribution >= 0.6 is 0 Å². The van der Waals surface area contributed by atoms with E-state index in [4.69, 9.17) is 4.74 Å². The predicted octanol–water partition coefficient (Wildman–Crippen LogP) is 2.77. The fraction of sp³-hybridized carbons (Fsp3) is 0.464. The molecule has 0 spiro atoms. The Morgan fingerprint density at radius 1 is 0.944 bits per heavy atom. The molecule has 0 bridgehead atoms. The summed E-state index contributed by atoms with van der Waals surface area (Å²) in [6, 6.07) is 15.4. The molecule has 8 heteroatoms. The lowest BCUT2D eigenvalue weighted by molar-refractivity contribution is -0.128. The standard InChI is InChI=1S/C28H36N4O4/c1-29-13-7-15-32(27(34)21-36-2)25-11-4-3-9-24(25)20-31(17-16-29)28(35)23-10-5-8-22(18-23)19-30-14-6-12-26(30)33/h3-5,8-11,18H,6-7,12-17,19-21H2,1-2H3. The Bertz CT molecular complexity index is 1090. The van der Waals surface area contributed by atoms with Crippen LogP contribution in [0.2, 0.25) is 0 Å². The summed E-state index contributed by atoms with van der Waals surface area (Å²) in [6.07, 6.45) is 2.32. The molecule has 0 aromatic heterocycles. The van der Waals surface area contributed by atoms with Crippen molar-refractivity contribution in [1.82, 2.24) is 14.7 Å². The van der Waals surface area contributed by atoms with Gasteiger partial charge in [0.15, 0.2) is 0 Å². The van der Waals surface area contributed by atoms with Gasteiger partial charge in [-0.25, -0.2) is 0 Å². The molecule has 0 unspecified atom stereocenters. The minimum atomic E-state index is -0.0890. The van der Waals surface area contributed by atoms with Crippen molar-refractivity contribution in [2.45, 2.75) is 32.4 Å². The van der Waals surface area contributed by atoms with E-state index in [1.807, 2.05) is 65.4 Å².